The Labute approximate surface area is 156 Å². The summed E-state index contributed by atoms with van der Waals surface area (Å²) in [6, 6.07) is 1.60. The number of hydrogen-bond acceptors (Lipinski definition) is 4. The highest BCUT2D eigenvalue weighted by atomic mass is 16.5. The van der Waals surface area contributed by atoms with Gasteiger partial charge in [-0.15, -0.1) is 0 Å². The summed E-state index contributed by atoms with van der Waals surface area (Å²) in [7, 11) is 1.46. The molecule has 6 heteroatoms. The number of ether oxygens (including phenoxy) is 1. The number of piperidine rings is 1. The lowest BCUT2D eigenvalue weighted by atomic mass is 9.78. The molecule has 0 aromatic rings. The van der Waals surface area contributed by atoms with Crippen molar-refractivity contribution in [2.75, 3.05) is 33.3 Å². The Bertz CT molecular complexity index is 553. The third kappa shape index (κ3) is 3.10. The molecule has 3 saturated heterocycles. The highest BCUT2D eigenvalue weighted by Crippen LogP contribution is 2.47. The van der Waals surface area contributed by atoms with Crippen LogP contribution >= 0.6 is 0 Å². The molecule has 1 saturated carbocycles. The SMILES string of the molecule is CC[C@@H]1CCC(=O)N1C1CCN(C2CCC3(C2)CN(C(=O)OC)C3)CC1. The van der Waals surface area contributed by atoms with Crippen molar-refractivity contribution in [3.63, 3.8) is 0 Å². The molecule has 4 aliphatic rings. The van der Waals surface area contributed by atoms with Crippen LogP contribution in [0.2, 0.25) is 0 Å². The molecule has 6 nitrogen and oxygen atoms in total. The molecule has 146 valence electrons. The lowest BCUT2D eigenvalue weighted by Gasteiger charge is -2.48. The predicted octanol–water partition coefficient (Wildman–Crippen LogP) is 2.47. The van der Waals surface area contributed by atoms with Crippen molar-refractivity contribution in [3.8, 4) is 0 Å². The maximum absolute atomic E-state index is 12.3. The topological polar surface area (TPSA) is 53.1 Å². The molecule has 0 radical (unpaired) electrons. The molecular formula is C20H33N3O3. The normalized spacial score (nSPS) is 32.3. The van der Waals surface area contributed by atoms with Crippen LogP contribution in [0.4, 0.5) is 4.79 Å². The van der Waals surface area contributed by atoms with E-state index < -0.39 is 0 Å². The number of likely N-dealkylation sites (tertiary alicyclic amines) is 3. The molecule has 3 aliphatic heterocycles. The number of nitrogens with zero attached hydrogens (tertiary/aromatic N) is 3. The van der Waals surface area contributed by atoms with Gasteiger partial charge in [0.2, 0.25) is 5.91 Å². The summed E-state index contributed by atoms with van der Waals surface area (Å²) in [5.41, 5.74) is 0.341. The van der Waals surface area contributed by atoms with Crippen LogP contribution in [0.1, 0.15) is 58.3 Å². The average Bonchev–Trinajstić information content (AvgIpc) is 3.24. The van der Waals surface area contributed by atoms with Gasteiger partial charge in [-0.25, -0.2) is 4.79 Å². The van der Waals surface area contributed by atoms with E-state index in [9.17, 15) is 9.59 Å². The molecule has 1 aliphatic carbocycles. The Morgan fingerprint density at radius 3 is 2.54 bits per heavy atom. The molecule has 0 bridgehead atoms. The highest BCUT2D eigenvalue weighted by Gasteiger charge is 2.51. The van der Waals surface area contributed by atoms with E-state index in [4.69, 9.17) is 4.74 Å². The summed E-state index contributed by atoms with van der Waals surface area (Å²) in [6.07, 6.45) is 8.66. The van der Waals surface area contributed by atoms with E-state index in [1.807, 2.05) is 4.90 Å². The van der Waals surface area contributed by atoms with Gasteiger partial charge in [0, 0.05) is 56.1 Å². The minimum atomic E-state index is -0.180. The van der Waals surface area contributed by atoms with Gasteiger partial charge in [-0.2, -0.15) is 0 Å². The molecule has 3 heterocycles. The van der Waals surface area contributed by atoms with Gasteiger partial charge in [-0.1, -0.05) is 6.92 Å². The summed E-state index contributed by atoms with van der Waals surface area (Å²) in [4.78, 5) is 30.6. The molecule has 2 amide bonds. The van der Waals surface area contributed by atoms with Crippen LogP contribution in [0.25, 0.3) is 0 Å². The Kier molecular flexibility index (Phi) is 4.88. The van der Waals surface area contributed by atoms with Crippen LogP contribution in [0.3, 0.4) is 0 Å². The van der Waals surface area contributed by atoms with Crippen LogP contribution in [-0.4, -0.2) is 78.1 Å². The number of rotatable bonds is 3. The Balaban J connectivity index is 1.27. The van der Waals surface area contributed by atoms with E-state index in [0.717, 1.165) is 58.3 Å². The molecule has 4 rings (SSSR count). The Morgan fingerprint density at radius 2 is 1.88 bits per heavy atom. The number of methoxy groups -OCH3 is 1. The molecule has 26 heavy (non-hydrogen) atoms. The van der Waals surface area contributed by atoms with Crippen molar-refractivity contribution in [3.05, 3.63) is 0 Å². The lowest BCUT2D eigenvalue weighted by molar-refractivity contribution is -0.132. The first-order valence-electron chi connectivity index (χ1n) is 10.4. The summed E-state index contributed by atoms with van der Waals surface area (Å²) in [5, 5.41) is 0. The third-order valence-electron chi connectivity index (χ3n) is 7.41. The molecule has 2 atom stereocenters. The van der Waals surface area contributed by atoms with Gasteiger partial charge in [0.05, 0.1) is 7.11 Å². The first kappa shape index (κ1) is 18.1. The Morgan fingerprint density at radius 1 is 1.15 bits per heavy atom. The van der Waals surface area contributed by atoms with Crippen LogP contribution < -0.4 is 0 Å². The first-order chi connectivity index (χ1) is 12.5. The number of hydrogen-bond donors (Lipinski definition) is 0. The molecule has 1 unspecified atom stereocenters. The highest BCUT2D eigenvalue weighted by molar-refractivity contribution is 5.79. The first-order valence-corrected chi connectivity index (χ1v) is 10.4. The van der Waals surface area contributed by atoms with Crippen LogP contribution in [0.15, 0.2) is 0 Å². The van der Waals surface area contributed by atoms with Crippen molar-refractivity contribution < 1.29 is 14.3 Å². The van der Waals surface area contributed by atoms with Crippen LogP contribution in [0, 0.1) is 5.41 Å². The fourth-order valence-corrected chi connectivity index (χ4v) is 5.99. The van der Waals surface area contributed by atoms with Gasteiger partial charge in [-0.05, 0) is 44.9 Å². The summed E-state index contributed by atoms with van der Waals surface area (Å²) < 4.78 is 4.83. The molecule has 0 N–H and O–H groups in total. The van der Waals surface area contributed by atoms with E-state index in [-0.39, 0.29) is 6.09 Å². The van der Waals surface area contributed by atoms with Gasteiger partial charge in [0.1, 0.15) is 0 Å². The zero-order valence-electron chi connectivity index (χ0n) is 16.3. The summed E-state index contributed by atoms with van der Waals surface area (Å²) in [5.74, 6) is 0.382. The summed E-state index contributed by atoms with van der Waals surface area (Å²) in [6.45, 7) is 6.18. The zero-order chi connectivity index (χ0) is 18.3. The minimum Gasteiger partial charge on any atom is -0.453 e. The van der Waals surface area contributed by atoms with Crippen molar-refractivity contribution in [2.24, 2.45) is 5.41 Å². The smallest absolute Gasteiger partial charge is 0.409 e. The van der Waals surface area contributed by atoms with Gasteiger partial charge in [0.25, 0.3) is 0 Å². The van der Waals surface area contributed by atoms with Gasteiger partial charge >= 0.3 is 6.09 Å². The molecule has 4 fully saturated rings. The zero-order valence-corrected chi connectivity index (χ0v) is 16.3. The molecule has 0 aromatic carbocycles. The summed E-state index contributed by atoms with van der Waals surface area (Å²) >= 11 is 0. The van der Waals surface area contributed by atoms with E-state index in [0.29, 0.717) is 29.4 Å². The van der Waals surface area contributed by atoms with Gasteiger partial charge < -0.3 is 19.4 Å². The van der Waals surface area contributed by atoms with E-state index in [2.05, 4.69) is 16.7 Å². The van der Waals surface area contributed by atoms with Crippen molar-refractivity contribution in [1.29, 1.82) is 0 Å². The number of carbonyl (C=O) groups is 2. The van der Waals surface area contributed by atoms with E-state index >= 15 is 0 Å². The second kappa shape index (κ2) is 7.02. The van der Waals surface area contributed by atoms with Gasteiger partial charge in [0.15, 0.2) is 0 Å². The van der Waals surface area contributed by atoms with E-state index in [1.165, 1.54) is 26.4 Å². The maximum Gasteiger partial charge on any atom is 0.409 e. The predicted molar refractivity (Wildman–Crippen MR) is 98.8 cm³/mol. The van der Waals surface area contributed by atoms with Crippen molar-refractivity contribution in [1.82, 2.24) is 14.7 Å². The maximum atomic E-state index is 12.3. The second-order valence-corrected chi connectivity index (χ2v) is 8.89. The van der Waals surface area contributed by atoms with Crippen molar-refractivity contribution in [2.45, 2.75) is 76.4 Å². The fourth-order valence-electron chi connectivity index (χ4n) is 5.99. The quantitative estimate of drug-likeness (QED) is 0.773. The second-order valence-electron chi connectivity index (χ2n) is 8.89. The van der Waals surface area contributed by atoms with Crippen LogP contribution in [-0.2, 0) is 9.53 Å². The monoisotopic (exact) mass is 363 g/mol. The third-order valence-corrected chi connectivity index (χ3v) is 7.41. The van der Waals surface area contributed by atoms with Crippen molar-refractivity contribution >= 4 is 12.0 Å². The van der Waals surface area contributed by atoms with E-state index in [1.54, 1.807) is 0 Å². The molecule has 0 aromatic heterocycles. The Hall–Kier alpha value is -1.30. The van der Waals surface area contributed by atoms with Crippen LogP contribution in [0.5, 0.6) is 0 Å². The fraction of sp³-hybridized carbons (Fsp3) is 0.900. The molecule has 1 spiro atoms. The largest absolute Gasteiger partial charge is 0.453 e. The average molecular weight is 364 g/mol. The lowest BCUT2D eigenvalue weighted by Crippen LogP contribution is -2.58. The standard InChI is InChI=1S/C20H33N3O3/c1-3-15-4-5-18(24)23(15)16-7-10-21(11-8-16)17-6-9-20(12-17)13-22(14-20)19(25)26-2/h15-17H,3-14H2,1-2H3/t15-,17?/m1/s1. The van der Waals surface area contributed by atoms with Gasteiger partial charge in [-0.3, -0.25) is 4.79 Å². The molecular weight excluding hydrogens is 330 g/mol. The number of amides is 2. The minimum absolute atomic E-state index is 0.180. The number of carbonyl (C=O) groups excluding carboxylic acids is 2.